The third kappa shape index (κ3) is 5.05. The summed E-state index contributed by atoms with van der Waals surface area (Å²) in [6, 6.07) is 10.4. The molecule has 0 spiro atoms. The van der Waals surface area contributed by atoms with Crippen molar-refractivity contribution in [3.05, 3.63) is 64.3 Å². The van der Waals surface area contributed by atoms with E-state index < -0.39 is 0 Å². The van der Waals surface area contributed by atoms with Crippen LogP contribution in [0.25, 0.3) is 4.85 Å². The average molecular weight is 296 g/mol. The summed E-state index contributed by atoms with van der Waals surface area (Å²) in [6.07, 6.45) is 7.98. The van der Waals surface area contributed by atoms with Crippen LogP contribution in [0.2, 0.25) is 0 Å². The quantitative estimate of drug-likeness (QED) is 0.800. The molecule has 1 aromatic rings. The number of hydrogen-bond donors (Lipinski definition) is 1. The first-order chi connectivity index (χ1) is 10.8. The molecule has 1 fully saturated rings. The summed E-state index contributed by atoms with van der Waals surface area (Å²) in [4.78, 5) is 6.27. The molecular weight excluding hydrogens is 270 g/mol. The van der Waals surface area contributed by atoms with Crippen molar-refractivity contribution in [1.82, 2.24) is 10.2 Å². The highest BCUT2D eigenvalue weighted by Crippen LogP contribution is 2.17. The molecule has 1 N–H and O–H groups in total. The lowest BCUT2D eigenvalue weighted by Crippen LogP contribution is -2.28. The minimum Gasteiger partial charge on any atom is -0.309 e. The molecule has 116 valence electrons. The molecular formula is C19H26N3+. The summed E-state index contributed by atoms with van der Waals surface area (Å²) in [7, 11) is 0. The molecule has 0 bridgehead atoms. The van der Waals surface area contributed by atoms with Crippen molar-refractivity contribution in [3.8, 4) is 6.57 Å². The Hall–Kier alpha value is -2.05. The van der Waals surface area contributed by atoms with Crippen LogP contribution < -0.4 is 5.32 Å². The van der Waals surface area contributed by atoms with Crippen LogP contribution in [0.4, 0.5) is 0 Å². The minimum atomic E-state index is 0.818. The molecule has 0 unspecified atom stereocenters. The van der Waals surface area contributed by atoms with Gasteiger partial charge in [0.25, 0.3) is 0 Å². The van der Waals surface area contributed by atoms with Gasteiger partial charge in [-0.1, -0.05) is 36.4 Å². The predicted octanol–water partition coefficient (Wildman–Crippen LogP) is 4.01. The number of piperidine rings is 1. The van der Waals surface area contributed by atoms with E-state index in [0.717, 1.165) is 32.0 Å². The van der Waals surface area contributed by atoms with Gasteiger partial charge in [-0.2, -0.15) is 4.85 Å². The highest BCUT2D eigenvalue weighted by Gasteiger charge is 2.21. The van der Waals surface area contributed by atoms with Gasteiger partial charge in [0.05, 0.1) is 19.2 Å². The second-order valence-corrected chi connectivity index (χ2v) is 5.63. The molecule has 3 nitrogen and oxygen atoms in total. The Bertz CT molecular complexity index is 546. The van der Waals surface area contributed by atoms with Crippen molar-refractivity contribution >= 4 is 0 Å². The summed E-state index contributed by atoms with van der Waals surface area (Å²) in [5, 5.41) is 3.47. The van der Waals surface area contributed by atoms with E-state index in [2.05, 4.69) is 58.4 Å². The molecule has 0 atom stereocenters. The smallest absolute Gasteiger partial charge is 0.309 e. The summed E-state index contributed by atoms with van der Waals surface area (Å²) in [6.45, 7) is 11.4. The fraction of sp³-hybridized carbons (Fsp3) is 0.421. The highest BCUT2D eigenvalue weighted by molar-refractivity contribution is 5.28. The van der Waals surface area contributed by atoms with Crippen LogP contribution in [0.15, 0.2) is 53.9 Å². The van der Waals surface area contributed by atoms with Crippen molar-refractivity contribution in [3.63, 3.8) is 0 Å². The molecule has 22 heavy (non-hydrogen) atoms. The Balaban J connectivity index is 1.90. The zero-order valence-corrected chi connectivity index (χ0v) is 13.5. The zero-order valence-electron chi connectivity index (χ0n) is 13.5. The summed E-state index contributed by atoms with van der Waals surface area (Å²) >= 11 is 0. The van der Waals surface area contributed by atoms with Crippen LogP contribution in [0.5, 0.6) is 0 Å². The summed E-state index contributed by atoms with van der Waals surface area (Å²) < 4.78 is 0. The van der Waals surface area contributed by atoms with E-state index >= 15 is 0 Å². The maximum Gasteiger partial charge on any atom is 0.380 e. The lowest BCUT2D eigenvalue weighted by Gasteiger charge is -2.19. The van der Waals surface area contributed by atoms with Crippen LogP contribution in [0, 0.1) is 6.57 Å². The molecule has 0 radical (unpaired) electrons. The van der Waals surface area contributed by atoms with Gasteiger partial charge in [-0.25, -0.2) is 4.90 Å². The molecule has 1 saturated heterocycles. The first kappa shape index (κ1) is 16.3. The Morgan fingerprint density at radius 1 is 1.23 bits per heavy atom. The van der Waals surface area contributed by atoms with E-state index in [1.165, 1.54) is 30.4 Å². The third-order valence-electron chi connectivity index (χ3n) is 4.00. The fourth-order valence-corrected chi connectivity index (χ4v) is 2.68. The van der Waals surface area contributed by atoms with Gasteiger partial charge in [0.2, 0.25) is 0 Å². The first-order valence-corrected chi connectivity index (χ1v) is 8.11. The van der Waals surface area contributed by atoms with Gasteiger partial charge >= 0.3 is 5.82 Å². The van der Waals surface area contributed by atoms with Crippen LogP contribution in [0.1, 0.15) is 31.7 Å². The van der Waals surface area contributed by atoms with Crippen molar-refractivity contribution in [2.24, 2.45) is 0 Å². The number of likely N-dealkylation sites (tertiary alicyclic amines) is 1. The molecule has 1 heterocycles. The molecule has 1 aliphatic heterocycles. The number of benzene rings is 1. The van der Waals surface area contributed by atoms with Crippen LogP contribution in [-0.4, -0.2) is 24.5 Å². The van der Waals surface area contributed by atoms with Gasteiger partial charge in [-0.05, 0) is 37.3 Å². The van der Waals surface area contributed by atoms with Crippen molar-refractivity contribution in [2.45, 2.75) is 32.7 Å². The normalized spacial score (nSPS) is 16.5. The summed E-state index contributed by atoms with van der Waals surface area (Å²) in [5.74, 6) is 0.898. The van der Waals surface area contributed by atoms with Crippen molar-refractivity contribution in [1.29, 1.82) is 0 Å². The van der Waals surface area contributed by atoms with Gasteiger partial charge in [-0.15, -0.1) is 0 Å². The number of hydrogen-bond acceptors (Lipinski definition) is 2. The highest BCUT2D eigenvalue weighted by atomic mass is 15.2. The zero-order chi connectivity index (χ0) is 15.6. The van der Waals surface area contributed by atoms with Crippen molar-refractivity contribution in [2.75, 3.05) is 19.6 Å². The first-order valence-electron chi connectivity index (χ1n) is 8.11. The summed E-state index contributed by atoms with van der Waals surface area (Å²) in [5.41, 5.74) is 2.51. The van der Waals surface area contributed by atoms with E-state index in [4.69, 9.17) is 6.57 Å². The van der Waals surface area contributed by atoms with E-state index in [1.54, 1.807) is 0 Å². The Morgan fingerprint density at radius 3 is 2.59 bits per heavy atom. The second-order valence-electron chi connectivity index (χ2n) is 5.63. The second kappa shape index (κ2) is 9.07. The van der Waals surface area contributed by atoms with E-state index in [-0.39, 0.29) is 0 Å². The maximum atomic E-state index is 5.59. The third-order valence-corrected chi connectivity index (χ3v) is 4.00. The van der Waals surface area contributed by atoms with Gasteiger partial charge in [0, 0.05) is 13.1 Å². The lowest BCUT2D eigenvalue weighted by atomic mass is 10.1. The van der Waals surface area contributed by atoms with Crippen molar-refractivity contribution < 1.29 is 0 Å². The Kier molecular flexibility index (Phi) is 6.73. The largest absolute Gasteiger partial charge is 0.380 e. The van der Waals surface area contributed by atoms with Gasteiger partial charge in [0.15, 0.2) is 0 Å². The van der Waals surface area contributed by atoms with Gasteiger partial charge < -0.3 is 5.32 Å². The van der Waals surface area contributed by atoms with Crippen LogP contribution in [0.3, 0.4) is 0 Å². The topological polar surface area (TPSA) is 19.6 Å². The lowest BCUT2D eigenvalue weighted by molar-refractivity contribution is 0.292. The molecule has 1 aromatic carbocycles. The number of allylic oxidation sites excluding steroid dienone is 1. The molecule has 3 heteroatoms. The minimum absolute atomic E-state index is 0.818. The monoisotopic (exact) mass is 296 g/mol. The van der Waals surface area contributed by atoms with Gasteiger partial charge in [-0.3, -0.25) is 0 Å². The number of rotatable bonds is 6. The molecule has 0 amide bonds. The van der Waals surface area contributed by atoms with Crippen LogP contribution >= 0.6 is 0 Å². The Morgan fingerprint density at radius 2 is 1.95 bits per heavy atom. The van der Waals surface area contributed by atoms with Crippen LogP contribution in [-0.2, 0) is 6.54 Å². The molecule has 0 aromatic heterocycles. The van der Waals surface area contributed by atoms with E-state index in [9.17, 15) is 0 Å². The Labute approximate surface area is 134 Å². The maximum absolute atomic E-state index is 5.59. The fourth-order valence-electron chi connectivity index (χ4n) is 2.68. The number of nitrogens with one attached hydrogen (secondary N) is 1. The van der Waals surface area contributed by atoms with Gasteiger partial charge in [0.1, 0.15) is 6.57 Å². The average Bonchev–Trinajstić information content (AvgIpc) is 2.59. The molecule has 0 saturated carbocycles. The standard InChI is InChI=1S/C19H26N3/c1-3-17(15-21-16-18-10-6-4-7-11-18)14-19(20-2)22-12-8-5-9-13-22/h2-4,6-7,10-11,14,21H,5,8-9,12-13,15-16H2,1H3/q+1/b17-3+,19-14+. The van der Waals surface area contributed by atoms with E-state index in [0.29, 0.717) is 0 Å². The van der Waals surface area contributed by atoms with E-state index in [1.807, 2.05) is 6.07 Å². The number of nitrogens with zero attached hydrogens (tertiary/aromatic N) is 2. The SMILES string of the molecule is C#[N+]/C(=C\C(=C/C)CNCc1ccccc1)N1CCCCC1. The molecule has 0 aliphatic carbocycles. The molecule has 2 rings (SSSR count). The predicted molar refractivity (Wildman–Crippen MR) is 93.7 cm³/mol. The molecule has 1 aliphatic rings.